The minimum Gasteiger partial charge on any atom is -0.497 e. The van der Waals surface area contributed by atoms with Crippen LogP contribution in [0.15, 0.2) is 30.3 Å². The number of nitrogens with zero attached hydrogens (tertiary/aromatic N) is 1. The van der Waals surface area contributed by atoms with E-state index in [1.54, 1.807) is 7.11 Å². The lowest BCUT2D eigenvalue weighted by molar-refractivity contribution is -0.115. The van der Waals surface area contributed by atoms with E-state index in [1.165, 1.54) is 0 Å². The fraction of sp³-hybridized carbons (Fsp3) is 0.560. The lowest BCUT2D eigenvalue weighted by Crippen LogP contribution is -2.43. The van der Waals surface area contributed by atoms with Crippen LogP contribution in [0.1, 0.15) is 69.0 Å². The van der Waals surface area contributed by atoms with Crippen LogP contribution in [0.3, 0.4) is 0 Å². The third-order valence-corrected chi connectivity index (χ3v) is 6.87. The van der Waals surface area contributed by atoms with Crippen LogP contribution in [0.5, 0.6) is 5.75 Å². The van der Waals surface area contributed by atoms with Gasteiger partial charge in [0.1, 0.15) is 11.9 Å². The molecule has 9 heteroatoms. The number of hydrogen-bond acceptors (Lipinski definition) is 6. The molecule has 2 fully saturated rings. The van der Waals surface area contributed by atoms with E-state index in [0.717, 1.165) is 42.7 Å². The molecule has 4 N–H and O–H groups in total. The first-order valence-electron chi connectivity index (χ1n) is 12.0. The van der Waals surface area contributed by atoms with Gasteiger partial charge in [0, 0.05) is 23.7 Å². The fourth-order valence-electron chi connectivity index (χ4n) is 4.79. The highest BCUT2D eigenvalue weighted by molar-refractivity contribution is 5.91. The van der Waals surface area contributed by atoms with E-state index in [9.17, 15) is 14.7 Å². The fourth-order valence-corrected chi connectivity index (χ4v) is 4.79. The van der Waals surface area contributed by atoms with Crippen LogP contribution in [-0.2, 0) is 16.0 Å². The Labute approximate surface area is 199 Å². The number of H-pyrrole nitrogens is 1. The number of ether oxygens (including phenoxy) is 2. The molecule has 2 atom stereocenters. The first-order chi connectivity index (χ1) is 16.3. The Balaban J connectivity index is 1.21. The van der Waals surface area contributed by atoms with Crippen LogP contribution in [0.25, 0.3) is 0 Å². The summed E-state index contributed by atoms with van der Waals surface area (Å²) in [5.41, 5.74) is 1.20. The van der Waals surface area contributed by atoms with Gasteiger partial charge in [0.15, 0.2) is 5.82 Å². The van der Waals surface area contributed by atoms with E-state index >= 15 is 0 Å². The Hall–Kier alpha value is -3.07. The van der Waals surface area contributed by atoms with Crippen LogP contribution < -0.4 is 15.4 Å². The number of aromatic amines is 1. The van der Waals surface area contributed by atoms with Gasteiger partial charge in [-0.1, -0.05) is 12.1 Å². The van der Waals surface area contributed by atoms with Crippen LogP contribution in [0.4, 0.5) is 10.6 Å². The molecule has 2 saturated carbocycles. The van der Waals surface area contributed by atoms with Crippen LogP contribution in [0.2, 0.25) is 0 Å². The zero-order chi connectivity index (χ0) is 24.1. The summed E-state index contributed by atoms with van der Waals surface area (Å²) in [4.78, 5) is 24.7. The van der Waals surface area contributed by atoms with Crippen LogP contribution in [-0.4, -0.2) is 52.2 Å². The lowest BCUT2D eigenvalue weighted by Gasteiger charge is -2.33. The second-order valence-electron chi connectivity index (χ2n) is 9.73. The van der Waals surface area contributed by atoms with E-state index in [0.29, 0.717) is 25.1 Å². The van der Waals surface area contributed by atoms with Gasteiger partial charge in [0.2, 0.25) is 5.91 Å². The van der Waals surface area contributed by atoms with E-state index < -0.39 is 5.60 Å². The summed E-state index contributed by atoms with van der Waals surface area (Å²) in [6.07, 6.45) is 4.99. The number of hydrogen-bond donors (Lipinski definition) is 4. The van der Waals surface area contributed by atoms with Crippen molar-refractivity contribution < 1.29 is 24.2 Å². The van der Waals surface area contributed by atoms with E-state index in [2.05, 4.69) is 20.8 Å². The van der Waals surface area contributed by atoms with Crippen molar-refractivity contribution in [3.63, 3.8) is 0 Å². The summed E-state index contributed by atoms with van der Waals surface area (Å²) in [5.74, 6) is 1.29. The Morgan fingerprint density at radius 3 is 2.62 bits per heavy atom. The maximum Gasteiger partial charge on any atom is 0.407 e. The summed E-state index contributed by atoms with van der Waals surface area (Å²) in [7, 11) is 1.61. The molecule has 0 unspecified atom stereocenters. The molecule has 2 aromatic rings. The Kier molecular flexibility index (Phi) is 7.41. The maximum atomic E-state index is 12.4. The molecule has 1 heterocycles. The van der Waals surface area contributed by atoms with Gasteiger partial charge in [-0.2, -0.15) is 5.10 Å². The molecule has 1 aromatic carbocycles. The standard InChI is InChI=1S/C25H34N4O5/c1-25(32)11-9-18(10-12-25)26-24(31)34-20-8-5-17(14-20)21-15-22(29-28-21)27-23(30)13-16-3-6-19(33-2)7-4-16/h3-4,6-7,15,17-18,20,32H,5,8-14H2,1-2H3,(H,26,31)(H2,27,28,29,30)/t17-,18?,20+,25?/m1/s1. The monoisotopic (exact) mass is 470 g/mol. The number of carbonyl (C=O) groups is 2. The quantitative estimate of drug-likeness (QED) is 0.489. The third-order valence-electron chi connectivity index (χ3n) is 6.87. The van der Waals surface area contributed by atoms with Crippen molar-refractivity contribution in [2.75, 3.05) is 12.4 Å². The molecule has 0 radical (unpaired) electrons. The number of aromatic nitrogens is 2. The molecule has 9 nitrogen and oxygen atoms in total. The second kappa shape index (κ2) is 10.5. The molecule has 2 aliphatic rings. The summed E-state index contributed by atoms with van der Waals surface area (Å²) >= 11 is 0. The van der Waals surface area contributed by atoms with Crippen molar-refractivity contribution in [2.45, 2.75) is 82.0 Å². The highest BCUT2D eigenvalue weighted by Gasteiger charge is 2.32. The summed E-state index contributed by atoms with van der Waals surface area (Å²) in [6.45, 7) is 1.84. The molecule has 184 valence electrons. The molecule has 1 aromatic heterocycles. The predicted molar refractivity (Wildman–Crippen MR) is 127 cm³/mol. The van der Waals surface area contributed by atoms with E-state index in [4.69, 9.17) is 9.47 Å². The number of alkyl carbamates (subject to hydrolysis) is 1. The number of amides is 2. The van der Waals surface area contributed by atoms with Gasteiger partial charge in [-0.25, -0.2) is 4.79 Å². The van der Waals surface area contributed by atoms with Gasteiger partial charge in [-0.05, 0) is 69.6 Å². The first kappa shape index (κ1) is 24.1. The van der Waals surface area contributed by atoms with Gasteiger partial charge < -0.3 is 25.2 Å². The minimum absolute atomic E-state index is 0.0571. The van der Waals surface area contributed by atoms with Crippen molar-refractivity contribution in [3.05, 3.63) is 41.6 Å². The number of benzene rings is 1. The largest absolute Gasteiger partial charge is 0.497 e. The van der Waals surface area contributed by atoms with Crippen molar-refractivity contribution in [1.29, 1.82) is 0 Å². The number of anilines is 1. The smallest absolute Gasteiger partial charge is 0.407 e. The Morgan fingerprint density at radius 1 is 1.18 bits per heavy atom. The lowest BCUT2D eigenvalue weighted by atomic mass is 9.84. The molecule has 2 aliphatic carbocycles. The minimum atomic E-state index is -0.626. The molecule has 0 spiro atoms. The molecule has 4 rings (SSSR count). The first-order valence-corrected chi connectivity index (χ1v) is 12.0. The van der Waals surface area contributed by atoms with Crippen molar-refractivity contribution in [3.8, 4) is 5.75 Å². The highest BCUT2D eigenvalue weighted by Crippen LogP contribution is 2.36. The zero-order valence-corrected chi connectivity index (χ0v) is 19.8. The normalized spacial score (nSPS) is 26.6. The molecular formula is C25H34N4O5. The number of rotatable bonds is 7. The molecule has 2 amide bonds. The molecule has 34 heavy (non-hydrogen) atoms. The molecule has 0 bridgehead atoms. The van der Waals surface area contributed by atoms with E-state index in [-0.39, 0.29) is 36.5 Å². The summed E-state index contributed by atoms with van der Waals surface area (Å²) < 4.78 is 10.8. The highest BCUT2D eigenvalue weighted by atomic mass is 16.6. The van der Waals surface area contributed by atoms with Crippen molar-refractivity contribution >= 4 is 17.8 Å². The Bertz CT molecular complexity index is 977. The SMILES string of the molecule is COc1ccc(CC(=O)Nc2cc([C@@H]3CC[C@H](OC(=O)NC4CCC(C)(O)CC4)C3)[nH]n2)cc1. The second-order valence-corrected chi connectivity index (χ2v) is 9.73. The average Bonchev–Trinajstić information content (AvgIpc) is 3.45. The van der Waals surface area contributed by atoms with Gasteiger partial charge in [0.05, 0.1) is 19.1 Å². The number of nitrogens with one attached hydrogen (secondary N) is 3. The predicted octanol–water partition coefficient (Wildman–Crippen LogP) is 3.66. The van der Waals surface area contributed by atoms with Crippen molar-refractivity contribution in [2.24, 2.45) is 0 Å². The molecular weight excluding hydrogens is 436 g/mol. The number of aliphatic hydroxyl groups is 1. The third kappa shape index (κ3) is 6.50. The molecule has 0 aliphatic heterocycles. The topological polar surface area (TPSA) is 126 Å². The zero-order valence-electron chi connectivity index (χ0n) is 19.8. The van der Waals surface area contributed by atoms with Crippen LogP contribution >= 0.6 is 0 Å². The average molecular weight is 471 g/mol. The summed E-state index contributed by atoms with van der Waals surface area (Å²) in [6, 6.07) is 9.29. The van der Waals surface area contributed by atoms with Crippen LogP contribution in [0, 0.1) is 0 Å². The number of carbonyl (C=O) groups excluding carboxylic acids is 2. The maximum absolute atomic E-state index is 12.4. The van der Waals surface area contributed by atoms with Crippen molar-refractivity contribution in [1.82, 2.24) is 15.5 Å². The van der Waals surface area contributed by atoms with Gasteiger partial charge >= 0.3 is 6.09 Å². The van der Waals surface area contributed by atoms with Gasteiger partial charge in [-0.15, -0.1) is 0 Å². The Morgan fingerprint density at radius 2 is 1.91 bits per heavy atom. The van der Waals surface area contributed by atoms with Gasteiger partial charge in [-0.3, -0.25) is 9.89 Å². The van der Waals surface area contributed by atoms with E-state index in [1.807, 2.05) is 37.3 Å². The summed E-state index contributed by atoms with van der Waals surface area (Å²) in [5, 5.41) is 23.1. The number of methoxy groups -OCH3 is 1. The van der Waals surface area contributed by atoms with Gasteiger partial charge in [0.25, 0.3) is 0 Å². The molecule has 0 saturated heterocycles.